The van der Waals surface area contributed by atoms with Crippen LogP contribution in [0.25, 0.3) is 6.08 Å². The summed E-state index contributed by atoms with van der Waals surface area (Å²) in [6.45, 7) is 4.00. The number of aliphatic hydroxyl groups excluding tert-OH is 1. The summed E-state index contributed by atoms with van der Waals surface area (Å²) in [4.78, 5) is 29.6. The van der Waals surface area contributed by atoms with E-state index in [0.29, 0.717) is 32.5 Å². The third-order valence-corrected chi connectivity index (χ3v) is 7.46. The summed E-state index contributed by atoms with van der Waals surface area (Å²) in [5, 5.41) is 13.3. The van der Waals surface area contributed by atoms with E-state index < -0.39 is 11.5 Å². The Morgan fingerprint density at radius 3 is 2.85 bits per heavy atom. The van der Waals surface area contributed by atoms with Crippen molar-refractivity contribution in [3.05, 3.63) is 47.6 Å². The smallest absolute Gasteiger partial charge is 0.247 e. The highest BCUT2D eigenvalue weighted by atomic mass is 16.5. The van der Waals surface area contributed by atoms with Crippen LogP contribution in [-0.2, 0) is 15.0 Å². The highest BCUT2D eigenvalue weighted by Crippen LogP contribution is 2.51. The summed E-state index contributed by atoms with van der Waals surface area (Å²) in [5.41, 5.74) is 1.52. The summed E-state index contributed by atoms with van der Waals surface area (Å²) >= 11 is 0. The maximum atomic E-state index is 12.9. The quantitative estimate of drug-likeness (QED) is 0.632. The van der Waals surface area contributed by atoms with Gasteiger partial charge in [-0.25, -0.2) is 0 Å². The molecule has 3 heterocycles. The lowest BCUT2D eigenvalue weighted by Gasteiger charge is -2.38. The van der Waals surface area contributed by atoms with Crippen molar-refractivity contribution in [3.8, 4) is 5.75 Å². The number of hydrogen-bond donors (Lipinski definition) is 2. The average Bonchev–Trinajstić information content (AvgIpc) is 3.13. The third-order valence-electron chi connectivity index (χ3n) is 7.46. The first-order chi connectivity index (χ1) is 16.0. The van der Waals surface area contributed by atoms with Crippen LogP contribution < -0.4 is 10.1 Å². The summed E-state index contributed by atoms with van der Waals surface area (Å²) in [7, 11) is 0. The van der Waals surface area contributed by atoms with Crippen molar-refractivity contribution in [1.29, 1.82) is 0 Å². The van der Waals surface area contributed by atoms with Gasteiger partial charge in [0.2, 0.25) is 11.8 Å². The van der Waals surface area contributed by atoms with Crippen LogP contribution in [0.3, 0.4) is 0 Å². The average molecular weight is 452 g/mol. The van der Waals surface area contributed by atoms with Crippen LogP contribution in [-0.4, -0.2) is 71.8 Å². The molecule has 2 amide bonds. The summed E-state index contributed by atoms with van der Waals surface area (Å²) in [6, 6.07) is 5.98. The molecule has 3 aliphatic heterocycles. The number of carbonyl (C=O) groups is 2. The minimum absolute atomic E-state index is 0.0399. The monoisotopic (exact) mass is 451 g/mol. The number of nitrogens with zero attached hydrogens (tertiary/aromatic N) is 2. The van der Waals surface area contributed by atoms with E-state index in [1.54, 1.807) is 12.2 Å². The minimum atomic E-state index is -0.446. The molecule has 1 aromatic rings. The van der Waals surface area contributed by atoms with Gasteiger partial charge in [0.25, 0.3) is 0 Å². The number of ether oxygens (including phenoxy) is 1. The molecule has 1 saturated carbocycles. The van der Waals surface area contributed by atoms with Gasteiger partial charge < -0.3 is 20.1 Å². The summed E-state index contributed by atoms with van der Waals surface area (Å²) in [6.07, 6.45) is 11.3. The zero-order valence-corrected chi connectivity index (χ0v) is 19.0. The number of nitrogens with one attached hydrogen (secondary N) is 1. The fourth-order valence-corrected chi connectivity index (χ4v) is 5.61. The van der Waals surface area contributed by atoms with Gasteiger partial charge in [-0.2, -0.15) is 0 Å². The van der Waals surface area contributed by atoms with Crippen LogP contribution in [0.4, 0.5) is 0 Å². The van der Waals surface area contributed by atoms with Gasteiger partial charge in [0.15, 0.2) is 0 Å². The predicted octanol–water partition coefficient (Wildman–Crippen LogP) is 2.20. The van der Waals surface area contributed by atoms with Gasteiger partial charge in [-0.15, -0.1) is 0 Å². The number of benzene rings is 1. The first kappa shape index (κ1) is 22.2. The Morgan fingerprint density at radius 2 is 1.94 bits per heavy atom. The Morgan fingerprint density at radius 1 is 1.06 bits per heavy atom. The second-order valence-electron chi connectivity index (χ2n) is 9.71. The van der Waals surface area contributed by atoms with Crippen molar-refractivity contribution in [2.75, 3.05) is 32.8 Å². The van der Waals surface area contributed by atoms with Gasteiger partial charge in [0, 0.05) is 37.7 Å². The van der Waals surface area contributed by atoms with E-state index in [9.17, 15) is 14.7 Å². The highest BCUT2D eigenvalue weighted by Gasteiger charge is 2.50. The van der Waals surface area contributed by atoms with E-state index in [1.165, 1.54) is 0 Å². The molecule has 1 aliphatic carbocycles. The molecule has 2 fully saturated rings. The van der Waals surface area contributed by atoms with Gasteiger partial charge in [-0.1, -0.05) is 12.1 Å². The number of amides is 2. The maximum absolute atomic E-state index is 12.9. The first-order valence-corrected chi connectivity index (χ1v) is 12.2. The van der Waals surface area contributed by atoms with Crippen LogP contribution >= 0.6 is 0 Å². The van der Waals surface area contributed by atoms with Gasteiger partial charge in [-0.05, 0) is 68.5 Å². The van der Waals surface area contributed by atoms with Crippen molar-refractivity contribution in [1.82, 2.24) is 15.1 Å². The second kappa shape index (κ2) is 9.31. The molecule has 4 atom stereocenters. The zero-order chi connectivity index (χ0) is 22.8. The Kier molecular flexibility index (Phi) is 6.25. The number of fused-ring (bicyclic) bond motifs is 3. The molecule has 5 rings (SSSR count). The van der Waals surface area contributed by atoms with Crippen LogP contribution in [0.1, 0.15) is 49.7 Å². The van der Waals surface area contributed by atoms with Crippen molar-refractivity contribution < 1.29 is 19.4 Å². The molecule has 1 saturated heterocycles. The molecular formula is C26H33N3O4. The summed E-state index contributed by atoms with van der Waals surface area (Å²) < 4.78 is 6.25. The summed E-state index contributed by atoms with van der Waals surface area (Å²) in [5.74, 6) is 0.747. The fourth-order valence-electron chi connectivity index (χ4n) is 5.61. The molecule has 4 aliphatic rings. The van der Waals surface area contributed by atoms with Crippen LogP contribution in [0, 0.1) is 0 Å². The van der Waals surface area contributed by atoms with Crippen LogP contribution in [0.15, 0.2) is 36.4 Å². The molecule has 1 aromatic carbocycles. The molecular weight excluding hydrogens is 418 g/mol. The largest absolute Gasteiger partial charge is 0.489 e. The first-order valence-electron chi connectivity index (χ1n) is 12.2. The number of hydrogen-bond acceptors (Lipinski definition) is 5. The molecule has 1 unspecified atom stereocenters. The SMILES string of the molecule is O=C1C=C[C@]23CC[C@H](O)C[C@H]2Oc2ccc(cc23)C=CC(=O)N2CCCN(CCCCN1)C2. The lowest BCUT2D eigenvalue weighted by Crippen LogP contribution is -2.47. The van der Waals surface area contributed by atoms with E-state index in [-0.39, 0.29) is 17.9 Å². The number of carbonyl (C=O) groups excluding carboxylic acids is 2. The molecule has 0 radical (unpaired) electrons. The molecule has 176 valence electrons. The van der Waals surface area contributed by atoms with Crippen molar-refractivity contribution in [2.24, 2.45) is 0 Å². The fraction of sp³-hybridized carbons (Fsp3) is 0.538. The van der Waals surface area contributed by atoms with Gasteiger partial charge in [0.05, 0.1) is 18.2 Å². The normalized spacial score (nSPS) is 32.4. The van der Waals surface area contributed by atoms with E-state index in [2.05, 4.69) is 16.3 Å². The molecule has 33 heavy (non-hydrogen) atoms. The number of rotatable bonds is 0. The highest BCUT2D eigenvalue weighted by molar-refractivity contribution is 5.92. The van der Waals surface area contributed by atoms with E-state index >= 15 is 0 Å². The molecule has 0 aromatic heterocycles. The molecule has 7 nitrogen and oxygen atoms in total. The van der Waals surface area contributed by atoms with Gasteiger partial charge in [0.1, 0.15) is 11.9 Å². The molecule has 1 spiro atoms. The van der Waals surface area contributed by atoms with Gasteiger partial charge in [-0.3, -0.25) is 14.5 Å². The van der Waals surface area contributed by atoms with Crippen molar-refractivity contribution >= 4 is 17.9 Å². The molecule has 2 N–H and O–H groups in total. The zero-order valence-electron chi connectivity index (χ0n) is 19.0. The lowest BCUT2D eigenvalue weighted by atomic mass is 9.67. The van der Waals surface area contributed by atoms with Crippen LogP contribution in [0.2, 0.25) is 0 Å². The van der Waals surface area contributed by atoms with Crippen molar-refractivity contribution in [3.63, 3.8) is 0 Å². The maximum Gasteiger partial charge on any atom is 0.247 e. The second-order valence-corrected chi connectivity index (χ2v) is 9.71. The lowest BCUT2D eigenvalue weighted by molar-refractivity contribution is -0.129. The predicted molar refractivity (Wildman–Crippen MR) is 126 cm³/mol. The minimum Gasteiger partial charge on any atom is -0.489 e. The van der Waals surface area contributed by atoms with Crippen molar-refractivity contribution in [2.45, 2.75) is 56.1 Å². The third kappa shape index (κ3) is 4.57. The Balaban J connectivity index is 1.48. The van der Waals surface area contributed by atoms with Crippen LogP contribution in [0.5, 0.6) is 5.75 Å². The van der Waals surface area contributed by atoms with E-state index in [4.69, 9.17) is 4.74 Å². The molecule has 7 heteroatoms. The standard InChI is InChI=1S/C26H33N3O4/c30-20-8-10-26-11-9-24(31)27-12-1-2-13-28-14-3-15-29(18-28)25(32)7-5-19-4-6-22(21(26)16-19)33-23(26)17-20/h4-7,9,11,16,20,23,30H,1-3,8,10,12-15,17-18H2,(H,27,31)/t20-,23+,26-/m0/s1. The topological polar surface area (TPSA) is 82.1 Å². The van der Waals surface area contributed by atoms with Gasteiger partial charge >= 0.3 is 0 Å². The van der Waals surface area contributed by atoms with E-state index in [1.807, 2.05) is 29.2 Å². The molecule has 4 bridgehead atoms. The Bertz CT molecular complexity index is 974. The number of aliphatic hydroxyl groups is 1. The Labute approximate surface area is 195 Å². The Hall–Kier alpha value is -2.64. The van der Waals surface area contributed by atoms with E-state index in [0.717, 1.165) is 55.8 Å².